The molecule has 0 atom stereocenters. The Balaban J connectivity index is 1.99. The van der Waals surface area contributed by atoms with Crippen molar-refractivity contribution in [2.75, 3.05) is 6.61 Å². The lowest BCUT2D eigenvalue weighted by Gasteiger charge is -2.08. The van der Waals surface area contributed by atoms with Gasteiger partial charge in [-0.3, -0.25) is 9.78 Å². The molecule has 3 heteroatoms. The number of hydrogen-bond donors (Lipinski definition) is 0. The molecular weight excluding hydrogens is 286 g/mol. The van der Waals surface area contributed by atoms with Gasteiger partial charge in [-0.1, -0.05) is 42.5 Å². The lowest BCUT2D eigenvalue weighted by atomic mass is 9.97. The van der Waals surface area contributed by atoms with E-state index in [-0.39, 0.29) is 5.97 Å². The van der Waals surface area contributed by atoms with Crippen molar-refractivity contribution in [2.24, 2.45) is 0 Å². The maximum Gasteiger partial charge on any atom is 0.305 e. The molecule has 23 heavy (non-hydrogen) atoms. The first-order valence-electron chi connectivity index (χ1n) is 8.13. The number of nitrogens with zero attached hydrogens (tertiary/aromatic N) is 1. The fourth-order valence-corrected chi connectivity index (χ4v) is 2.44. The first kappa shape index (κ1) is 16.9. The summed E-state index contributed by atoms with van der Waals surface area (Å²) >= 11 is 0. The van der Waals surface area contributed by atoms with Crippen molar-refractivity contribution < 1.29 is 9.53 Å². The van der Waals surface area contributed by atoms with Crippen molar-refractivity contribution in [1.82, 2.24) is 4.98 Å². The number of carbonyl (C=O) groups is 1. The van der Waals surface area contributed by atoms with Gasteiger partial charge in [0.15, 0.2) is 0 Å². The van der Waals surface area contributed by atoms with E-state index in [9.17, 15) is 4.79 Å². The van der Waals surface area contributed by atoms with Gasteiger partial charge in [-0.25, -0.2) is 0 Å². The number of ether oxygens (including phenoxy) is 1. The minimum atomic E-state index is -0.105. The number of allylic oxidation sites excluding steroid dienone is 1. The van der Waals surface area contributed by atoms with Gasteiger partial charge in [-0.2, -0.15) is 0 Å². The van der Waals surface area contributed by atoms with Crippen molar-refractivity contribution in [2.45, 2.75) is 32.6 Å². The summed E-state index contributed by atoms with van der Waals surface area (Å²) in [5.41, 5.74) is 3.49. The van der Waals surface area contributed by atoms with Crippen LogP contribution in [-0.2, 0) is 9.53 Å². The Hall–Kier alpha value is -2.42. The molecule has 0 fully saturated rings. The number of unbranched alkanes of at least 4 members (excludes halogenated alkanes) is 2. The zero-order chi connectivity index (χ0) is 16.3. The van der Waals surface area contributed by atoms with Crippen molar-refractivity contribution in [1.29, 1.82) is 0 Å². The highest BCUT2D eigenvalue weighted by molar-refractivity contribution is 5.79. The van der Waals surface area contributed by atoms with Gasteiger partial charge >= 0.3 is 5.97 Å². The van der Waals surface area contributed by atoms with Crippen LogP contribution in [0.4, 0.5) is 0 Å². The normalized spacial score (nSPS) is 11.3. The standard InChI is InChI=1S/C20H23NO2/c1-2-23-20(22)14-8-4-7-13-19(17-10-5-3-6-11-17)18-12-9-15-21-16-18/h3,5-6,9-13,15-16H,2,4,7-8,14H2,1H3/b19-13+. The molecule has 2 rings (SSSR count). The maximum absolute atomic E-state index is 11.3. The van der Waals surface area contributed by atoms with Gasteiger partial charge in [-0.15, -0.1) is 0 Å². The van der Waals surface area contributed by atoms with Crippen LogP contribution in [0, 0.1) is 0 Å². The summed E-state index contributed by atoms with van der Waals surface area (Å²) in [5, 5.41) is 0. The molecular formula is C20H23NO2. The highest BCUT2D eigenvalue weighted by Crippen LogP contribution is 2.23. The predicted octanol–water partition coefficient (Wildman–Crippen LogP) is 4.64. The molecule has 1 aromatic carbocycles. The summed E-state index contributed by atoms with van der Waals surface area (Å²) < 4.78 is 4.95. The second-order valence-electron chi connectivity index (χ2n) is 5.28. The quantitative estimate of drug-likeness (QED) is 0.527. The minimum absolute atomic E-state index is 0.105. The SMILES string of the molecule is CCOC(=O)CCCC/C=C(\c1ccccc1)c1cccnc1. The second kappa shape index (κ2) is 9.57. The minimum Gasteiger partial charge on any atom is -0.466 e. The Morgan fingerprint density at radius 2 is 1.87 bits per heavy atom. The van der Waals surface area contributed by atoms with E-state index in [1.807, 2.05) is 37.4 Å². The van der Waals surface area contributed by atoms with Crippen LogP contribution >= 0.6 is 0 Å². The lowest BCUT2D eigenvalue weighted by molar-refractivity contribution is -0.143. The summed E-state index contributed by atoms with van der Waals surface area (Å²) in [6.45, 7) is 2.29. The molecule has 1 heterocycles. The van der Waals surface area contributed by atoms with Crippen LogP contribution in [-0.4, -0.2) is 17.6 Å². The fraction of sp³-hybridized carbons (Fsp3) is 0.300. The molecule has 0 bridgehead atoms. The molecule has 0 radical (unpaired) electrons. The highest BCUT2D eigenvalue weighted by Gasteiger charge is 2.05. The Morgan fingerprint density at radius 3 is 2.57 bits per heavy atom. The summed E-state index contributed by atoms with van der Waals surface area (Å²) in [5.74, 6) is -0.105. The fourth-order valence-electron chi connectivity index (χ4n) is 2.44. The molecule has 0 saturated heterocycles. The van der Waals surface area contributed by atoms with Gasteiger partial charge < -0.3 is 4.74 Å². The van der Waals surface area contributed by atoms with E-state index in [0.29, 0.717) is 13.0 Å². The van der Waals surface area contributed by atoms with Crippen LogP contribution in [0.5, 0.6) is 0 Å². The third kappa shape index (κ3) is 5.70. The van der Waals surface area contributed by atoms with Gasteiger partial charge in [0.25, 0.3) is 0 Å². The average molecular weight is 309 g/mol. The molecule has 0 N–H and O–H groups in total. The Morgan fingerprint density at radius 1 is 1.09 bits per heavy atom. The van der Waals surface area contributed by atoms with E-state index in [0.717, 1.165) is 24.8 Å². The number of pyridine rings is 1. The average Bonchev–Trinajstić information content (AvgIpc) is 2.60. The van der Waals surface area contributed by atoms with Crippen LogP contribution in [0.25, 0.3) is 5.57 Å². The monoisotopic (exact) mass is 309 g/mol. The lowest BCUT2D eigenvalue weighted by Crippen LogP contribution is -2.02. The van der Waals surface area contributed by atoms with E-state index in [4.69, 9.17) is 4.74 Å². The van der Waals surface area contributed by atoms with Gasteiger partial charge in [0.05, 0.1) is 6.61 Å². The maximum atomic E-state index is 11.3. The summed E-state index contributed by atoms with van der Waals surface area (Å²) in [6.07, 6.45) is 9.15. The number of rotatable bonds is 8. The van der Waals surface area contributed by atoms with Crippen molar-refractivity contribution in [3.8, 4) is 0 Å². The Labute approximate surface area is 138 Å². The number of benzene rings is 1. The molecule has 120 valence electrons. The molecule has 0 spiro atoms. The third-order valence-corrected chi connectivity index (χ3v) is 3.55. The first-order chi connectivity index (χ1) is 11.3. The smallest absolute Gasteiger partial charge is 0.305 e. The number of aromatic nitrogens is 1. The zero-order valence-corrected chi connectivity index (χ0v) is 13.6. The molecule has 0 amide bonds. The Kier molecular flexibility index (Phi) is 7.05. The third-order valence-electron chi connectivity index (χ3n) is 3.55. The number of carbonyl (C=O) groups excluding carboxylic acids is 1. The largest absolute Gasteiger partial charge is 0.466 e. The molecule has 1 aromatic heterocycles. The summed E-state index contributed by atoms with van der Waals surface area (Å²) in [4.78, 5) is 15.6. The molecule has 0 aliphatic heterocycles. The van der Waals surface area contributed by atoms with E-state index in [1.165, 1.54) is 11.1 Å². The summed E-state index contributed by atoms with van der Waals surface area (Å²) in [7, 11) is 0. The van der Waals surface area contributed by atoms with Gasteiger partial charge in [0.2, 0.25) is 0 Å². The second-order valence-corrected chi connectivity index (χ2v) is 5.28. The number of esters is 1. The van der Waals surface area contributed by atoms with Crippen molar-refractivity contribution >= 4 is 11.5 Å². The van der Waals surface area contributed by atoms with E-state index in [1.54, 1.807) is 6.20 Å². The van der Waals surface area contributed by atoms with Crippen molar-refractivity contribution in [3.63, 3.8) is 0 Å². The van der Waals surface area contributed by atoms with Crippen LogP contribution in [0.15, 0.2) is 60.9 Å². The molecule has 0 aliphatic rings. The molecule has 0 unspecified atom stereocenters. The van der Waals surface area contributed by atoms with Gasteiger partial charge in [0, 0.05) is 24.4 Å². The van der Waals surface area contributed by atoms with E-state index >= 15 is 0 Å². The molecule has 0 saturated carbocycles. The topological polar surface area (TPSA) is 39.2 Å². The van der Waals surface area contributed by atoms with Gasteiger partial charge in [-0.05, 0) is 43.4 Å². The van der Waals surface area contributed by atoms with Crippen molar-refractivity contribution in [3.05, 3.63) is 72.1 Å². The van der Waals surface area contributed by atoms with Crippen LogP contribution < -0.4 is 0 Å². The molecule has 0 aliphatic carbocycles. The van der Waals surface area contributed by atoms with Crippen LogP contribution in [0.1, 0.15) is 43.7 Å². The molecule has 2 aromatic rings. The zero-order valence-electron chi connectivity index (χ0n) is 13.6. The van der Waals surface area contributed by atoms with Crippen LogP contribution in [0.3, 0.4) is 0 Å². The predicted molar refractivity (Wildman–Crippen MR) is 92.9 cm³/mol. The highest BCUT2D eigenvalue weighted by atomic mass is 16.5. The van der Waals surface area contributed by atoms with Crippen LogP contribution in [0.2, 0.25) is 0 Å². The van der Waals surface area contributed by atoms with Gasteiger partial charge in [0.1, 0.15) is 0 Å². The summed E-state index contributed by atoms with van der Waals surface area (Å²) in [6, 6.07) is 14.3. The van der Waals surface area contributed by atoms with E-state index < -0.39 is 0 Å². The molecule has 3 nitrogen and oxygen atoms in total. The number of hydrogen-bond acceptors (Lipinski definition) is 3. The van der Waals surface area contributed by atoms with E-state index in [2.05, 4.69) is 29.3 Å². The first-order valence-corrected chi connectivity index (χ1v) is 8.13. The Bertz CT molecular complexity index is 579.